The highest BCUT2D eigenvalue weighted by molar-refractivity contribution is 5.34. The van der Waals surface area contributed by atoms with Crippen molar-refractivity contribution in [1.82, 2.24) is 0 Å². The lowest BCUT2D eigenvalue weighted by Crippen LogP contribution is -2.00. The Hall–Kier alpha value is -2.27. The van der Waals surface area contributed by atoms with Gasteiger partial charge < -0.3 is 4.74 Å². The molecule has 0 amide bonds. The Morgan fingerprint density at radius 2 is 1.79 bits per heavy atom. The largest absolute Gasteiger partial charge is 0.457 e. The molecule has 0 N–H and O–H groups in total. The van der Waals surface area contributed by atoms with Gasteiger partial charge in [-0.1, -0.05) is 37.3 Å². The molecule has 2 aromatic carbocycles. The fraction of sp³-hybridized carbons (Fsp3) is 0.235. The molecule has 0 saturated carbocycles. The molecule has 2 nitrogen and oxygen atoms in total. The summed E-state index contributed by atoms with van der Waals surface area (Å²) in [4.78, 5) is 0. The van der Waals surface area contributed by atoms with Gasteiger partial charge in [-0.15, -0.1) is 0 Å². The molecular weight excluding hydrogens is 234 g/mol. The van der Waals surface area contributed by atoms with Crippen LogP contribution < -0.4 is 4.74 Å². The molecule has 0 heterocycles. The van der Waals surface area contributed by atoms with Crippen LogP contribution in [0.2, 0.25) is 0 Å². The molecule has 2 aromatic rings. The van der Waals surface area contributed by atoms with Crippen LogP contribution in [-0.4, -0.2) is 0 Å². The molecule has 1 atom stereocenters. The van der Waals surface area contributed by atoms with Gasteiger partial charge in [-0.2, -0.15) is 5.26 Å². The predicted molar refractivity (Wildman–Crippen MR) is 76.1 cm³/mol. The number of rotatable bonds is 5. The van der Waals surface area contributed by atoms with E-state index in [1.165, 1.54) is 0 Å². The minimum atomic E-state index is 0.0759. The molecule has 0 spiro atoms. The maximum atomic E-state index is 9.01. The van der Waals surface area contributed by atoms with Crippen molar-refractivity contribution >= 4 is 0 Å². The average molecular weight is 251 g/mol. The molecule has 2 heteroatoms. The third-order valence-electron chi connectivity index (χ3n) is 3.03. The normalized spacial score (nSPS) is 11.6. The summed E-state index contributed by atoms with van der Waals surface area (Å²) in [7, 11) is 0. The number of ether oxygens (including phenoxy) is 1. The second kappa shape index (κ2) is 6.61. The van der Waals surface area contributed by atoms with Crippen molar-refractivity contribution in [3.63, 3.8) is 0 Å². The van der Waals surface area contributed by atoms with Crippen molar-refractivity contribution in [2.45, 2.75) is 19.8 Å². The Labute approximate surface area is 114 Å². The van der Waals surface area contributed by atoms with Gasteiger partial charge in [0.2, 0.25) is 0 Å². The van der Waals surface area contributed by atoms with Gasteiger partial charge in [0.1, 0.15) is 11.5 Å². The Balaban J connectivity index is 2.09. The van der Waals surface area contributed by atoms with E-state index in [1.807, 2.05) is 61.5 Å². The molecule has 2 rings (SSSR count). The molecule has 19 heavy (non-hydrogen) atoms. The third-order valence-corrected chi connectivity index (χ3v) is 3.03. The maximum Gasteiger partial charge on any atom is 0.127 e. The Morgan fingerprint density at radius 1 is 1.05 bits per heavy atom. The van der Waals surface area contributed by atoms with Gasteiger partial charge in [0.15, 0.2) is 0 Å². The van der Waals surface area contributed by atoms with Gasteiger partial charge in [0, 0.05) is 0 Å². The van der Waals surface area contributed by atoms with Crippen LogP contribution in [0.3, 0.4) is 0 Å². The van der Waals surface area contributed by atoms with Crippen molar-refractivity contribution < 1.29 is 4.74 Å². The Kier molecular flexibility index (Phi) is 4.58. The van der Waals surface area contributed by atoms with Crippen LogP contribution in [0.5, 0.6) is 11.5 Å². The van der Waals surface area contributed by atoms with E-state index in [0.29, 0.717) is 0 Å². The Bertz CT molecular complexity index is 557. The average Bonchev–Trinajstić information content (AvgIpc) is 2.46. The first-order valence-corrected chi connectivity index (χ1v) is 6.53. The molecule has 96 valence electrons. The standard InChI is InChI=1S/C17H17NO/c1-2-14(13-18)11-15-7-6-10-17(12-15)19-16-8-4-3-5-9-16/h3-10,12,14H,2,11H2,1H3/t14-/m0/s1. The van der Waals surface area contributed by atoms with Gasteiger partial charge in [0.25, 0.3) is 0 Å². The second-order valence-electron chi connectivity index (χ2n) is 4.50. The van der Waals surface area contributed by atoms with E-state index in [0.717, 1.165) is 29.9 Å². The van der Waals surface area contributed by atoms with Gasteiger partial charge in [-0.3, -0.25) is 0 Å². The van der Waals surface area contributed by atoms with Gasteiger partial charge in [-0.05, 0) is 42.7 Å². The zero-order valence-corrected chi connectivity index (χ0v) is 11.0. The second-order valence-corrected chi connectivity index (χ2v) is 4.50. The van der Waals surface area contributed by atoms with Crippen molar-refractivity contribution in [2.75, 3.05) is 0 Å². The predicted octanol–water partition coefficient (Wildman–Crippen LogP) is 4.57. The molecule has 0 aliphatic heterocycles. The summed E-state index contributed by atoms with van der Waals surface area (Å²) in [5, 5.41) is 9.01. The quantitative estimate of drug-likeness (QED) is 0.779. The molecule has 0 saturated heterocycles. The number of benzene rings is 2. The fourth-order valence-corrected chi connectivity index (χ4v) is 1.93. The van der Waals surface area contributed by atoms with E-state index in [9.17, 15) is 0 Å². The van der Waals surface area contributed by atoms with Gasteiger partial charge in [0.05, 0.1) is 12.0 Å². The lowest BCUT2D eigenvalue weighted by atomic mass is 9.98. The first kappa shape index (κ1) is 13.2. The van der Waals surface area contributed by atoms with E-state index < -0.39 is 0 Å². The molecule has 0 radical (unpaired) electrons. The molecule has 0 bridgehead atoms. The summed E-state index contributed by atoms with van der Waals surface area (Å²) < 4.78 is 5.78. The zero-order valence-electron chi connectivity index (χ0n) is 11.0. The highest BCUT2D eigenvalue weighted by atomic mass is 16.5. The number of nitrogens with zero attached hydrogens (tertiary/aromatic N) is 1. The first-order chi connectivity index (χ1) is 9.31. The van der Waals surface area contributed by atoms with Crippen LogP contribution in [0.25, 0.3) is 0 Å². The van der Waals surface area contributed by atoms with Crippen LogP contribution in [0, 0.1) is 17.2 Å². The van der Waals surface area contributed by atoms with Crippen molar-refractivity contribution in [3.8, 4) is 17.6 Å². The van der Waals surface area contributed by atoms with Crippen molar-refractivity contribution in [2.24, 2.45) is 5.92 Å². The summed E-state index contributed by atoms with van der Waals surface area (Å²) in [5.74, 6) is 1.72. The van der Waals surface area contributed by atoms with Gasteiger partial charge in [-0.25, -0.2) is 0 Å². The van der Waals surface area contributed by atoms with Crippen LogP contribution >= 0.6 is 0 Å². The molecule has 0 aromatic heterocycles. The minimum absolute atomic E-state index is 0.0759. The van der Waals surface area contributed by atoms with Crippen LogP contribution in [0.15, 0.2) is 54.6 Å². The summed E-state index contributed by atoms with van der Waals surface area (Å²) in [6.45, 7) is 2.04. The van der Waals surface area contributed by atoms with E-state index in [4.69, 9.17) is 10.00 Å². The molecule has 0 aliphatic rings. The van der Waals surface area contributed by atoms with E-state index in [1.54, 1.807) is 0 Å². The fourth-order valence-electron chi connectivity index (χ4n) is 1.93. The first-order valence-electron chi connectivity index (χ1n) is 6.53. The lowest BCUT2D eigenvalue weighted by molar-refractivity contribution is 0.481. The summed E-state index contributed by atoms with van der Waals surface area (Å²) in [6, 6.07) is 20.0. The number of nitriles is 1. The highest BCUT2D eigenvalue weighted by Gasteiger charge is 2.06. The van der Waals surface area contributed by atoms with Crippen molar-refractivity contribution in [3.05, 3.63) is 60.2 Å². The Morgan fingerprint density at radius 3 is 2.47 bits per heavy atom. The molecular formula is C17H17NO. The van der Waals surface area contributed by atoms with Crippen LogP contribution in [-0.2, 0) is 6.42 Å². The number of hydrogen-bond donors (Lipinski definition) is 0. The maximum absolute atomic E-state index is 9.01. The van der Waals surface area contributed by atoms with Crippen LogP contribution in [0.4, 0.5) is 0 Å². The molecule has 0 aliphatic carbocycles. The third kappa shape index (κ3) is 3.86. The summed E-state index contributed by atoms with van der Waals surface area (Å²) in [5.41, 5.74) is 1.14. The highest BCUT2D eigenvalue weighted by Crippen LogP contribution is 2.23. The minimum Gasteiger partial charge on any atom is -0.457 e. The smallest absolute Gasteiger partial charge is 0.127 e. The van der Waals surface area contributed by atoms with E-state index in [-0.39, 0.29) is 5.92 Å². The summed E-state index contributed by atoms with van der Waals surface area (Å²) >= 11 is 0. The van der Waals surface area contributed by atoms with Crippen LogP contribution in [0.1, 0.15) is 18.9 Å². The molecule has 0 fully saturated rings. The van der Waals surface area contributed by atoms with E-state index in [2.05, 4.69) is 6.07 Å². The molecule has 0 unspecified atom stereocenters. The van der Waals surface area contributed by atoms with Crippen molar-refractivity contribution in [1.29, 1.82) is 5.26 Å². The topological polar surface area (TPSA) is 33.0 Å². The zero-order chi connectivity index (χ0) is 13.5. The number of para-hydroxylation sites is 1. The SMILES string of the molecule is CC[C@H](C#N)Cc1cccc(Oc2ccccc2)c1. The van der Waals surface area contributed by atoms with E-state index >= 15 is 0 Å². The van der Waals surface area contributed by atoms with Gasteiger partial charge >= 0.3 is 0 Å². The summed E-state index contributed by atoms with van der Waals surface area (Å²) in [6.07, 6.45) is 1.65. The lowest BCUT2D eigenvalue weighted by Gasteiger charge is -2.09. The number of hydrogen-bond acceptors (Lipinski definition) is 2. The monoisotopic (exact) mass is 251 g/mol.